The number of piperidine rings is 1. The van der Waals surface area contributed by atoms with Crippen LogP contribution in [-0.4, -0.2) is 51.5 Å². The number of nitrogens with zero attached hydrogens (tertiary/aromatic N) is 5. The minimum absolute atomic E-state index is 0.105. The number of carbonyl (C=O) groups excluding carboxylic acids is 1. The standard InChI is InChI=1S/C23H30N6O2/c1-15-10-20(26-23(24)25-15)28-12-16-11-17(14-28)19-7-6-18(22(31)29(19)13-16)21(30)27-8-4-2-3-5-9-27/h6-7,10,16-17H,2-5,8-9,11-14H2,1H3,(H2,24,25,26)/t16-,17+/m0/s1. The van der Waals surface area contributed by atoms with Crippen molar-refractivity contribution in [3.63, 3.8) is 0 Å². The number of nitrogens with two attached hydrogens (primary N) is 1. The van der Waals surface area contributed by atoms with Crippen LogP contribution in [0.15, 0.2) is 23.0 Å². The van der Waals surface area contributed by atoms with Crippen molar-refractivity contribution in [3.05, 3.63) is 45.5 Å². The second-order valence-electron chi connectivity index (χ2n) is 9.22. The third-order valence-corrected chi connectivity index (χ3v) is 6.91. The van der Waals surface area contributed by atoms with Gasteiger partial charge < -0.3 is 20.1 Å². The van der Waals surface area contributed by atoms with E-state index in [4.69, 9.17) is 5.73 Å². The number of rotatable bonds is 2. The van der Waals surface area contributed by atoms with E-state index in [2.05, 4.69) is 14.9 Å². The van der Waals surface area contributed by atoms with Crippen LogP contribution < -0.4 is 16.2 Å². The van der Waals surface area contributed by atoms with E-state index < -0.39 is 0 Å². The molecule has 5 heterocycles. The SMILES string of the molecule is Cc1cc(N2C[C@@H]3C[C@H](C2)c2ccc(C(=O)N4CCCCCC4)c(=O)n2C3)nc(N)n1. The first-order valence-corrected chi connectivity index (χ1v) is 11.4. The van der Waals surface area contributed by atoms with E-state index in [-0.39, 0.29) is 17.4 Å². The molecule has 0 spiro atoms. The molecule has 0 radical (unpaired) electrons. The highest BCUT2D eigenvalue weighted by molar-refractivity contribution is 5.94. The van der Waals surface area contributed by atoms with E-state index in [1.54, 1.807) is 6.07 Å². The number of nitrogen functional groups attached to an aromatic ring is 1. The fourth-order valence-electron chi connectivity index (χ4n) is 5.48. The Balaban J connectivity index is 1.42. The number of amides is 1. The average Bonchev–Trinajstić information content (AvgIpc) is 3.03. The average molecular weight is 423 g/mol. The van der Waals surface area contributed by atoms with Gasteiger partial charge in [0.1, 0.15) is 11.4 Å². The Kier molecular flexibility index (Phi) is 5.16. The number of hydrogen-bond acceptors (Lipinski definition) is 6. The van der Waals surface area contributed by atoms with Gasteiger partial charge >= 0.3 is 0 Å². The lowest BCUT2D eigenvalue weighted by Crippen LogP contribution is -2.48. The molecule has 1 amide bonds. The topological polar surface area (TPSA) is 97.4 Å². The van der Waals surface area contributed by atoms with E-state index >= 15 is 0 Å². The van der Waals surface area contributed by atoms with Crippen LogP contribution in [0, 0.1) is 12.8 Å². The van der Waals surface area contributed by atoms with Crippen molar-refractivity contribution in [2.24, 2.45) is 5.92 Å². The summed E-state index contributed by atoms with van der Waals surface area (Å²) in [5.41, 5.74) is 7.94. The molecule has 2 saturated heterocycles. The van der Waals surface area contributed by atoms with Gasteiger partial charge in [-0.2, -0.15) is 4.98 Å². The van der Waals surface area contributed by atoms with E-state index in [9.17, 15) is 9.59 Å². The quantitative estimate of drug-likeness (QED) is 0.797. The molecule has 0 aliphatic carbocycles. The summed E-state index contributed by atoms with van der Waals surface area (Å²) in [6.07, 6.45) is 5.40. The number of aromatic nitrogens is 3. The fraction of sp³-hybridized carbons (Fsp3) is 0.565. The van der Waals surface area contributed by atoms with Crippen molar-refractivity contribution < 1.29 is 4.79 Å². The first-order chi connectivity index (χ1) is 15.0. The van der Waals surface area contributed by atoms with Gasteiger partial charge in [0.2, 0.25) is 5.95 Å². The largest absolute Gasteiger partial charge is 0.368 e. The number of carbonyl (C=O) groups is 1. The van der Waals surface area contributed by atoms with Crippen LogP contribution in [0.1, 0.15) is 59.8 Å². The third kappa shape index (κ3) is 3.79. The van der Waals surface area contributed by atoms with Gasteiger partial charge in [0.25, 0.3) is 11.5 Å². The molecule has 0 unspecified atom stereocenters. The predicted octanol–water partition coefficient (Wildman–Crippen LogP) is 2.17. The van der Waals surface area contributed by atoms with Crippen molar-refractivity contribution in [3.8, 4) is 0 Å². The highest BCUT2D eigenvalue weighted by Gasteiger charge is 2.36. The molecule has 0 aromatic carbocycles. The highest BCUT2D eigenvalue weighted by Crippen LogP contribution is 2.36. The zero-order chi connectivity index (χ0) is 21.5. The van der Waals surface area contributed by atoms with Gasteiger partial charge in [-0.25, -0.2) is 4.98 Å². The summed E-state index contributed by atoms with van der Waals surface area (Å²) >= 11 is 0. The van der Waals surface area contributed by atoms with Gasteiger partial charge in [0, 0.05) is 56.1 Å². The first-order valence-electron chi connectivity index (χ1n) is 11.4. The number of fused-ring (bicyclic) bond motifs is 4. The van der Waals surface area contributed by atoms with Crippen LogP contribution in [0.4, 0.5) is 11.8 Å². The Morgan fingerprint density at radius 2 is 1.84 bits per heavy atom. The molecule has 164 valence electrons. The first kappa shape index (κ1) is 20.0. The zero-order valence-corrected chi connectivity index (χ0v) is 18.1. The molecule has 3 aliphatic rings. The Morgan fingerprint density at radius 1 is 1.06 bits per heavy atom. The van der Waals surface area contributed by atoms with Gasteiger partial charge in [0.05, 0.1) is 0 Å². The third-order valence-electron chi connectivity index (χ3n) is 6.91. The minimum atomic E-state index is -0.128. The van der Waals surface area contributed by atoms with Crippen molar-refractivity contribution >= 4 is 17.7 Å². The number of pyridine rings is 1. The van der Waals surface area contributed by atoms with Gasteiger partial charge in [0.15, 0.2) is 0 Å². The summed E-state index contributed by atoms with van der Waals surface area (Å²) in [6, 6.07) is 5.72. The maximum Gasteiger partial charge on any atom is 0.263 e. The van der Waals surface area contributed by atoms with E-state index in [0.717, 1.165) is 75.5 Å². The summed E-state index contributed by atoms with van der Waals surface area (Å²) in [5.74, 6) is 1.61. The second-order valence-corrected chi connectivity index (χ2v) is 9.22. The summed E-state index contributed by atoms with van der Waals surface area (Å²) in [5, 5.41) is 0. The van der Waals surface area contributed by atoms with Crippen LogP contribution in [0.3, 0.4) is 0 Å². The number of likely N-dealkylation sites (tertiary alicyclic amines) is 1. The van der Waals surface area contributed by atoms with Crippen LogP contribution in [0.2, 0.25) is 0 Å². The normalized spacial score (nSPS) is 23.3. The van der Waals surface area contributed by atoms with Crippen LogP contribution in [0.25, 0.3) is 0 Å². The predicted molar refractivity (Wildman–Crippen MR) is 119 cm³/mol. The molecule has 2 N–H and O–H groups in total. The van der Waals surface area contributed by atoms with E-state index in [1.807, 2.05) is 28.5 Å². The molecule has 2 aromatic heterocycles. The van der Waals surface area contributed by atoms with Crippen LogP contribution >= 0.6 is 0 Å². The molecule has 2 atom stereocenters. The summed E-state index contributed by atoms with van der Waals surface area (Å²) in [4.78, 5) is 39.1. The molecular formula is C23H30N6O2. The van der Waals surface area contributed by atoms with Crippen LogP contribution in [0.5, 0.6) is 0 Å². The molecule has 3 aliphatic heterocycles. The van der Waals surface area contributed by atoms with Gasteiger partial charge in [-0.1, -0.05) is 12.8 Å². The highest BCUT2D eigenvalue weighted by atomic mass is 16.2. The van der Waals surface area contributed by atoms with Crippen molar-refractivity contribution in [1.82, 2.24) is 19.4 Å². The summed E-state index contributed by atoms with van der Waals surface area (Å²) < 4.78 is 1.86. The number of anilines is 2. The Bertz CT molecular complexity index is 1040. The lowest BCUT2D eigenvalue weighted by molar-refractivity contribution is 0.0758. The Hall–Kier alpha value is -2.90. The summed E-state index contributed by atoms with van der Waals surface area (Å²) in [7, 11) is 0. The number of aryl methyl sites for hydroxylation is 1. The van der Waals surface area contributed by atoms with Crippen molar-refractivity contribution in [2.75, 3.05) is 36.8 Å². The van der Waals surface area contributed by atoms with Crippen molar-refractivity contribution in [1.29, 1.82) is 0 Å². The Morgan fingerprint density at radius 3 is 2.58 bits per heavy atom. The maximum atomic E-state index is 13.3. The molecule has 2 fully saturated rings. The lowest BCUT2D eigenvalue weighted by Gasteiger charge is -2.43. The zero-order valence-electron chi connectivity index (χ0n) is 18.1. The monoisotopic (exact) mass is 422 g/mol. The van der Waals surface area contributed by atoms with E-state index in [1.165, 1.54) is 0 Å². The molecule has 0 saturated carbocycles. The second kappa shape index (κ2) is 7.98. The smallest absolute Gasteiger partial charge is 0.263 e. The maximum absolute atomic E-state index is 13.3. The van der Waals surface area contributed by atoms with Gasteiger partial charge in [-0.3, -0.25) is 9.59 Å². The summed E-state index contributed by atoms with van der Waals surface area (Å²) in [6.45, 7) is 5.67. The molecule has 8 nitrogen and oxygen atoms in total. The number of hydrogen-bond donors (Lipinski definition) is 1. The molecular weight excluding hydrogens is 392 g/mol. The van der Waals surface area contributed by atoms with Gasteiger partial charge in [-0.05, 0) is 44.2 Å². The van der Waals surface area contributed by atoms with E-state index in [0.29, 0.717) is 24.0 Å². The minimum Gasteiger partial charge on any atom is -0.368 e. The Labute approximate surface area is 182 Å². The molecule has 2 bridgehead atoms. The van der Waals surface area contributed by atoms with Gasteiger partial charge in [-0.15, -0.1) is 0 Å². The molecule has 5 rings (SSSR count). The fourth-order valence-corrected chi connectivity index (χ4v) is 5.48. The molecule has 2 aromatic rings. The lowest BCUT2D eigenvalue weighted by atomic mass is 9.83. The molecule has 8 heteroatoms. The van der Waals surface area contributed by atoms with Crippen molar-refractivity contribution in [2.45, 2.75) is 51.5 Å². The molecule has 31 heavy (non-hydrogen) atoms. The van der Waals surface area contributed by atoms with Crippen LogP contribution in [-0.2, 0) is 6.54 Å².